The smallest absolute Gasteiger partial charge is 0.207 e. The molecule has 1 heterocycles. The van der Waals surface area contributed by atoms with E-state index in [1.54, 1.807) is 0 Å². The molecule has 1 aliphatic carbocycles. The van der Waals surface area contributed by atoms with Crippen LogP contribution in [0.1, 0.15) is 96.0 Å². The van der Waals surface area contributed by atoms with E-state index in [9.17, 15) is 10.4 Å². The molecule has 2 fully saturated rings. The van der Waals surface area contributed by atoms with E-state index in [1.165, 1.54) is 38.5 Å². The summed E-state index contributed by atoms with van der Waals surface area (Å²) in [5.41, 5.74) is 0.201. The predicted octanol–water partition coefficient (Wildman–Crippen LogP) is 6.58. The number of amidine groups is 1. The Kier molecular flexibility index (Phi) is 11.7. The van der Waals surface area contributed by atoms with Crippen molar-refractivity contribution in [2.24, 2.45) is 22.7 Å². The van der Waals surface area contributed by atoms with Crippen molar-refractivity contribution in [3.8, 4) is 6.19 Å². The highest BCUT2D eigenvalue weighted by molar-refractivity contribution is 5.83. The number of benzene rings is 1. The fourth-order valence-corrected chi connectivity index (χ4v) is 6.75. The van der Waals surface area contributed by atoms with Gasteiger partial charge in [-0.05, 0) is 57.2 Å². The lowest BCUT2D eigenvalue weighted by Gasteiger charge is -2.44. The molecule has 1 N–H and O–H groups in total. The Morgan fingerprint density at radius 1 is 1.14 bits per heavy atom. The third-order valence-corrected chi connectivity index (χ3v) is 8.56. The van der Waals surface area contributed by atoms with Crippen LogP contribution in [0.2, 0.25) is 0 Å². The molecule has 1 aromatic carbocycles. The number of piperidine rings is 1. The van der Waals surface area contributed by atoms with Gasteiger partial charge in [0.25, 0.3) is 0 Å². The topological polar surface area (TPSA) is 62.9 Å². The van der Waals surface area contributed by atoms with Crippen molar-refractivity contribution >= 4 is 5.84 Å². The maximum atomic E-state index is 12.1. The highest BCUT2D eigenvalue weighted by Gasteiger charge is 2.41. The molecule has 5 nitrogen and oxygen atoms in total. The van der Waals surface area contributed by atoms with Crippen LogP contribution in [-0.4, -0.2) is 54.5 Å². The maximum Gasteiger partial charge on any atom is 0.207 e. The summed E-state index contributed by atoms with van der Waals surface area (Å²) in [6.45, 7) is 4.94. The van der Waals surface area contributed by atoms with Gasteiger partial charge in [0.1, 0.15) is 5.84 Å². The highest BCUT2D eigenvalue weighted by atomic mass is 16.3. The second-order valence-electron chi connectivity index (χ2n) is 11.7. The zero-order valence-electron chi connectivity index (χ0n) is 23.2. The van der Waals surface area contributed by atoms with Gasteiger partial charge >= 0.3 is 0 Å². The SMILES string of the molecule is CCCCC[C@@](O)(c1ccccc1)[C@@H]1CCCN(C(C[C@@H](CC2CCCCC2)CN(C)C)=NC#N)C1. The van der Waals surface area contributed by atoms with Crippen LogP contribution >= 0.6 is 0 Å². The van der Waals surface area contributed by atoms with Crippen LogP contribution in [-0.2, 0) is 5.60 Å². The minimum atomic E-state index is -0.835. The standard InChI is InChI=1S/C31H50N4O/c1-4-5-12-19-31(36,28-16-10-7-11-17-28)29-18-13-20-35(24-29)30(33-25-32)22-27(23-34(2)3)21-26-14-8-6-9-15-26/h7,10-11,16-17,26-27,29,36H,4-6,8-9,12-15,18-24H2,1-3H3/t27-,29-,31-/m1/s1. The first-order valence-corrected chi connectivity index (χ1v) is 14.6. The van der Waals surface area contributed by atoms with Crippen LogP contribution in [0.15, 0.2) is 35.3 Å². The average molecular weight is 495 g/mol. The fourth-order valence-electron chi connectivity index (χ4n) is 6.75. The van der Waals surface area contributed by atoms with Gasteiger partial charge < -0.3 is 14.9 Å². The molecule has 1 aliphatic heterocycles. The Hall–Kier alpha value is -1.90. The largest absolute Gasteiger partial charge is 0.385 e. The predicted molar refractivity (Wildman–Crippen MR) is 150 cm³/mol. The van der Waals surface area contributed by atoms with Crippen LogP contribution in [0, 0.1) is 29.2 Å². The number of nitriles is 1. The summed E-state index contributed by atoms with van der Waals surface area (Å²) in [4.78, 5) is 9.03. The van der Waals surface area contributed by atoms with Crippen LogP contribution in [0.5, 0.6) is 0 Å². The lowest BCUT2D eigenvalue weighted by Crippen LogP contribution is -2.48. The molecular weight excluding hydrogens is 444 g/mol. The first kappa shape index (κ1) is 28.7. The molecule has 200 valence electrons. The van der Waals surface area contributed by atoms with Gasteiger partial charge in [-0.3, -0.25) is 0 Å². The van der Waals surface area contributed by atoms with Crippen molar-refractivity contribution in [1.82, 2.24) is 9.80 Å². The third kappa shape index (κ3) is 8.32. The molecule has 0 unspecified atom stereocenters. The molecule has 0 amide bonds. The van der Waals surface area contributed by atoms with E-state index in [2.05, 4.69) is 54.1 Å². The van der Waals surface area contributed by atoms with Crippen molar-refractivity contribution in [3.63, 3.8) is 0 Å². The number of hydrogen-bond donors (Lipinski definition) is 1. The van der Waals surface area contributed by atoms with Crippen LogP contribution < -0.4 is 0 Å². The number of rotatable bonds is 12. The summed E-state index contributed by atoms with van der Waals surface area (Å²) in [6, 6.07) is 10.3. The number of unbranched alkanes of at least 4 members (excludes halogenated alkanes) is 2. The van der Waals surface area contributed by atoms with Crippen molar-refractivity contribution in [3.05, 3.63) is 35.9 Å². The van der Waals surface area contributed by atoms with Gasteiger partial charge in [-0.15, -0.1) is 0 Å². The van der Waals surface area contributed by atoms with Crippen molar-refractivity contribution in [2.75, 3.05) is 33.7 Å². The molecule has 1 saturated heterocycles. The quantitative estimate of drug-likeness (QED) is 0.154. The Bertz CT molecular complexity index is 827. The van der Waals surface area contributed by atoms with E-state index in [-0.39, 0.29) is 5.92 Å². The molecule has 3 rings (SSSR count). The second-order valence-corrected chi connectivity index (χ2v) is 11.7. The summed E-state index contributed by atoms with van der Waals surface area (Å²) in [7, 11) is 4.31. The van der Waals surface area contributed by atoms with Gasteiger partial charge in [0, 0.05) is 32.0 Å². The summed E-state index contributed by atoms with van der Waals surface area (Å²) in [6.07, 6.45) is 17.2. The number of aliphatic hydroxyl groups is 1. The normalized spacial score (nSPS) is 22.3. The van der Waals surface area contributed by atoms with Crippen molar-refractivity contribution in [2.45, 2.75) is 96.0 Å². The van der Waals surface area contributed by atoms with E-state index >= 15 is 0 Å². The third-order valence-electron chi connectivity index (χ3n) is 8.56. The van der Waals surface area contributed by atoms with E-state index in [4.69, 9.17) is 0 Å². The summed E-state index contributed by atoms with van der Waals surface area (Å²) in [5, 5.41) is 21.7. The fraction of sp³-hybridized carbons (Fsp3) is 0.742. The van der Waals surface area contributed by atoms with Crippen LogP contribution in [0.25, 0.3) is 0 Å². The number of likely N-dealkylation sites (tertiary alicyclic amines) is 1. The molecule has 3 atom stereocenters. The van der Waals surface area contributed by atoms with Crippen molar-refractivity contribution < 1.29 is 5.11 Å². The number of hydrogen-bond acceptors (Lipinski definition) is 4. The van der Waals surface area contributed by atoms with E-state index < -0.39 is 5.60 Å². The number of aliphatic imine (C=N–C) groups is 1. The molecule has 0 spiro atoms. The molecule has 0 bridgehead atoms. The van der Waals surface area contributed by atoms with Gasteiger partial charge in [0.2, 0.25) is 6.19 Å². The molecule has 5 heteroatoms. The lowest BCUT2D eigenvalue weighted by atomic mass is 9.74. The molecule has 2 aliphatic rings. The minimum Gasteiger partial charge on any atom is -0.385 e. The summed E-state index contributed by atoms with van der Waals surface area (Å²) >= 11 is 0. The van der Waals surface area contributed by atoms with Crippen LogP contribution in [0.3, 0.4) is 0 Å². The zero-order chi connectivity index (χ0) is 25.8. The average Bonchev–Trinajstić information content (AvgIpc) is 2.89. The van der Waals surface area contributed by atoms with Gasteiger partial charge in [-0.25, -0.2) is 0 Å². The molecule has 1 aromatic rings. The molecule has 36 heavy (non-hydrogen) atoms. The molecule has 1 saturated carbocycles. The first-order chi connectivity index (χ1) is 17.5. The van der Waals surface area contributed by atoms with E-state index in [0.717, 1.165) is 81.9 Å². The highest BCUT2D eigenvalue weighted by Crippen LogP contribution is 2.40. The van der Waals surface area contributed by atoms with Gasteiger partial charge in [-0.2, -0.15) is 10.3 Å². The Labute approximate surface area is 220 Å². The molecular formula is C31H50N4O. The first-order valence-electron chi connectivity index (χ1n) is 14.6. The lowest BCUT2D eigenvalue weighted by molar-refractivity contribution is -0.0535. The summed E-state index contributed by atoms with van der Waals surface area (Å²) < 4.78 is 0. The summed E-state index contributed by atoms with van der Waals surface area (Å²) in [5.74, 6) is 2.39. The monoisotopic (exact) mass is 494 g/mol. The second kappa shape index (κ2) is 14.7. The molecule has 0 radical (unpaired) electrons. The minimum absolute atomic E-state index is 0.139. The Morgan fingerprint density at radius 3 is 2.56 bits per heavy atom. The molecule has 0 aromatic heterocycles. The Morgan fingerprint density at radius 2 is 1.89 bits per heavy atom. The van der Waals surface area contributed by atoms with Gasteiger partial charge in [-0.1, -0.05) is 88.6 Å². The Balaban J connectivity index is 1.76. The van der Waals surface area contributed by atoms with Crippen molar-refractivity contribution in [1.29, 1.82) is 5.26 Å². The van der Waals surface area contributed by atoms with Crippen LogP contribution in [0.4, 0.5) is 0 Å². The maximum absolute atomic E-state index is 12.1. The van der Waals surface area contributed by atoms with E-state index in [1.807, 2.05) is 18.2 Å². The van der Waals surface area contributed by atoms with Gasteiger partial charge in [0.05, 0.1) is 5.60 Å². The van der Waals surface area contributed by atoms with E-state index in [0.29, 0.717) is 5.92 Å². The number of nitrogens with zero attached hydrogens (tertiary/aromatic N) is 4. The zero-order valence-corrected chi connectivity index (χ0v) is 23.2. The van der Waals surface area contributed by atoms with Gasteiger partial charge in [0.15, 0.2) is 0 Å².